The molecule has 2 unspecified atom stereocenters. The van der Waals surface area contributed by atoms with Gasteiger partial charge in [-0.2, -0.15) is 0 Å². The summed E-state index contributed by atoms with van der Waals surface area (Å²) in [6, 6.07) is 0. The zero-order valence-electron chi connectivity index (χ0n) is 9.14. The molecule has 0 spiro atoms. The van der Waals surface area contributed by atoms with Gasteiger partial charge >= 0.3 is 0 Å². The van der Waals surface area contributed by atoms with Gasteiger partial charge < -0.3 is 5.73 Å². The Morgan fingerprint density at radius 3 is 1.83 bits per heavy atom. The van der Waals surface area contributed by atoms with E-state index < -0.39 is 0 Å². The van der Waals surface area contributed by atoms with Crippen molar-refractivity contribution in [3.05, 3.63) is 0 Å². The highest BCUT2D eigenvalue weighted by Crippen LogP contribution is 2.28. The van der Waals surface area contributed by atoms with E-state index in [0.717, 1.165) is 24.3 Å². The minimum absolute atomic E-state index is 0.741. The molecule has 74 valence electrons. The molecule has 0 aliphatic rings. The Hall–Kier alpha value is -0.0400. The van der Waals surface area contributed by atoms with Gasteiger partial charge in [-0.15, -0.1) is 0 Å². The maximum atomic E-state index is 5.75. The Morgan fingerprint density at radius 2 is 1.58 bits per heavy atom. The highest BCUT2D eigenvalue weighted by molar-refractivity contribution is 4.72. The largest absolute Gasteiger partial charge is 0.330 e. The maximum Gasteiger partial charge on any atom is -0.00462 e. The number of nitrogens with two attached hydrogens (primary N) is 1. The van der Waals surface area contributed by atoms with E-state index in [1.54, 1.807) is 0 Å². The molecule has 0 amide bonds. The van der Waals surface area contributed by atoms with E-state index >= 15 is 0 Å². The highest BCUT2D eigenvalue weighted by Gasteiger charge is 2.21. The van der Waals surface area contributed by atoms with Crippen LogP contribution in [0.4, 0.5) is 0 Å². The van der Waals surface area contributed by atoms with Gasteiger partial charge in [0.05, 0.1) is 0 Å². The summed E-state index contributed by atoms with van der Waals surface area (Å²) in [4.78, 5) is 0. The van der Waals surface area contributed by atoms with Crippen molar-refractivity contribution < 1.29 is 0 Å². The van der Waals surface area contributed by atoms with Crippen LogP contribution >= 0.6 is 0 Å². The Labute approximate surface area is 77.7 Å². The molecule has 0 aromatic heterocycles. The number of hydrogen-bond donors (Lipinski definition) is 1. The molecule has 1 heteroatoms. The van der Waals surface area contributed by atoms with Gasteiger partial charge in [-0.3, -0.25) is 0 Å². The lowest BCUT2D eigenvalue weighted by Crippen LogP contribution is -2.27. The van der Waals surface area contributed by atoms with Gasteiger partial charge in [0.25, 0.3) is 0 Å². The van der Waals surface area contributed by atoms with Gasteiger partial charge in [-0.05, 0) is 24.3 Å². The zero-order valence-corrected chi connectivity index (χ0v) is 9.14. The van der Waals surface area contributed by atoms with Crippen LogP contribution in [0.1, 0.15) is 47.0 Å². The molecular weight excluding hydrogens is 146 g/mol. The lowest BCUT2D eigenvalue weighted by atomic mass is 9.78. The van der Waals surface area contributed by atoms with E-state index in [2.05, 4.69) is 27.7 Å². The number of rotatable bonds is 6. The first kappa shape index (κ1) is 12.0. The average molecular weight is 171 g/mol. The van der Waals surface area contributed by atoms with Crippen LogP contribution in [0.5, 0.6) is 0 Å². The third-order valence-corrected chi connectivity index (χ3v) is 3.28. The second-order valence-corrected chi connectivity index (χ2v) is 3.86. The van der Waals surface area contributed by atoms with E-state index in [0.29, 0.717) is 0 Å². The molecule has 3 atom stereocenters. The van der Waals surface area contributed by atoms with Crippen molar-refractivity contribution in [3.8, 4) is 0 Å². The van der Waals surface area contributed by atoms with Crippen molar-refractivity contribution in [2.75, 3.05) is 6.54 Å². The molecule has 0 heterocycles. The molecule has 0 aliphatic heterocycles. The Kier molecular flexibility index (Phi) is 6.45. The van der Waals surface area contributed by atoms with Gasteiger partial charge in [0.15, 0.2) is 0 Å². The van der Waals surface area contributed by atoms with Crippen LogP contribution < -0.4 is 5.73 Å². The van der Waals surface area contributed by atoms with Crippen molar-refractivity contribution in [1.29, 1.82) is 0 Å². The minimum atomic E-state index is 0.741. The first-order chi connectivity index (χ1) is 5.71. The van der Waals surface area contributed by atoms with Crippen LogP contribution in [0, 0.1) is 17.8 Å². The fraction of sp³-hybridized carbons (Fsp3) is 1.00. The van der Waals surface area contributed by atoms with Crippen LogP contribution in [0.25, 0.3) is 0 Å². The summed E-state index contributed by atoms with van der Waals surface area (Å²) in [6.45, 7) is 10.0. The third kappa shape index (κ3) is 3.14. The lowest BCUT2D eigenvalue weighted by molar-refractivity contribution is 0.225. The van der Waals surface area contributed by atoms with Gasteiger partial charge in [0, 0.05) is 0 Å². The first-order valence-corrected chi connectivity index (χ1v) is 5.41. The summed E-state index contributed by atoms with van der Waals surface area (Å²) in [7, 11) is 0. The van der Waals surface area contributed by atoms with Gasteiger partial charge in [0.2, 0.25) is 0 Å². The van der Waals surface area contributed by atoms with E-state index in [1.807, 2.05) is 0 Å². The van der Waals surface area contributed by atoms with E-state index in [4.69, 9.17) is 5.73 Å². The summed E-state index contributed by atoms with van der Waals surface area (Å²) in [5.74, 6) is 2.42. The molecule has 0 bridgehead atoms. The van der Waals surface area contributed by atoms with Crippen LogP contribution in [0.15, 0.2) is 0 Å². The fourth-order valence-corrected chi connectivity index (χ4v) is 2.15. The normalized spacial score (nSPS) is 18.8. The van der Waals surface area contributed by atoms with Gasteiger partial charge in [-0.1, -0.05) is 47.0 Å². The van der Waals surface area contributed by atoms with E-state index in [1.165, 1.54) is 19.3 Å². The zero-order chi connectivity index (χ0) is 9.56. The second kappa shape index (κ2) is 6.47. The van der Waals surface area contributed by atoms with Crippen molar-refractivity contribution in [1.82, 2.24) is 0 Å². The van der Waals surface area contributed by atoms with Crippen molar-refractivity contribution in [2.24, 2.45) is 23.5 Å². The lowest BCUT2D eigenvalue weighted by Gasteiger charge is -2.29. The van der Waals surface area contributed by atoms with Gasteiger partial charge in [-0.25, -0.2) is 0 Å². The molecule has 0 rings (SSSR count). The smallest absolute Gasteiger partial charge is 0.00462 e. The molecule has 0 fully saturated rings. The molecule has 0 aromatic rings. The maximum absolute atomic E-state index is 5.75. The molecule has 0 aliphatic carbocycles. The summed E-state index contributed by atoms with van der Waals surface area (Å²) in [5.41, 5.74) is 5.75. The second-order valence-electron chi connectivity index (χ2n) is 3.86. The standard InChI is InChI=1S/C11H25N/c1-5-9(4)11(7-3)10(6-2)8-12/h9-11H,5-8,12H2,1-4H3/t9?,10-,11?/m1/s1. The molecule has 12 heavy (non-hydrogen) atoms. The predicted octanol–water partition coefficient (Wildman–Crippen LogP) is 3.04. The summed E-state index contributed by atoms with van der Waals surface area (Å²) < 4.78 is 0. The molecule has 0 saturated carbocycles. The molecule has 1 nitrogen and oxygen atoms in total. The molecule has 0 saturated heterocycles. The van der Waals surface area contributed by atoms with Gasteiger partial charge in [0.1, 0.15) is 0 Å². The minimum Gasteiger partial charge on any atom is -0.330 e. The monoisotopic (exact) mass is 171 g/mol. The summed E-state index contributed by atoms with van der Waals surface area (Å²) in [6.07, 6.45) is 3.80. The first-order valence-electron chi connectivity index (χ1n) is 5.41. The topological polar surface area (TPSA) is 26.0 Å². The van der Waals surface area contributed by atoms with Crippen LogP contribution in [-0.2, 0) is 0 Å². The Morgan fingerprint density at radius 1 is 1.00 bits per heavy atom. The average Bonchev–Trinajstić information content (AvgIpc) is 2.12. The summed E-state index contributed by atoms with van der Waals surface area (Å²) >= 11 is 0. The summed E-state index contributed by atoms with van der Waals surface area (Å²) in [5, 5.41) is 0. The highest BCUT2D eigenvalue weighted by atomic mass is 14.6. The predicted molar refractivity (Wildman–Crippen MR) is 56.1 cm³/mol. The molecule has 0 aromatic carbocycles. The molecule has 0 radical (unpaired) electrons. The Balaban J connectivity index is 4.09. The number of hydrogen-bond acceptors (Lipinski definition) is 1. The van der Waals surface area contributed by atoms with Crippen LogP contribution in [0.2, 0.25) is 0 Å². The van der Waals surface area contributed by atoms with Crippen molar-refractivity contribution in [3.63, 3.8) is 0 Å². The Bertz CT molecular complexity index is 97.2. The fourth-order valence-electron chi connectivity index (χ4n) is 2.15. The SMILES string of the molecule is CCC(C)C(CC)[C@H](CC)CN. The van der Waals surface area contributed by atoms with Crippen molar-refractivity contribution in [2.45, 2.75) is 47.0 Å². The quantitative estimate of drug-likeness (QED) is 0.653. The molecular formula is C11H25N. The van der Waals surface area contributed by atoms with Crippen molar-refractivity contribution >= 4 is 0 Å². The third-order valence-electron chi connectivity index (χ3n) is 3.28. The van der Waals surface area contributed by atoms with Crippen LogP contribution in [-0.4, -0.2) is 6.54 Å². The van der Waals surface area contributed by atoms with Crippen LogP contribution in [0.3, 0.4) is 0 Å². The van der Waals surface area contributed by atoms with E-state index in [9.17, 15) is 0 Å². The van der Waals surface area contributed by atoms with E-state index in [-0.39, 0.29) is 0 Å². The molecule has 2 N–H and O–H groups in total.